The highest BCUT2D eigenvalue weighted by Gasteiger charge is 2.25. The van der Waals surface area contributed by atoms with Crippen LogP contribution >= 0.6 is 15.9 Å². The molecule has 1 aromatic carbocycles. The number of Topliss-reactive ketones (excluding diaryl/α,β-unsaturated/α-hetero) is 1. The number of aliphatic hydroxyl groups is 2. The number of ketones is 1. The molecule has 1 unspecified atom stereocenters. The number of carboxylic acid groups (broad SMARTS) is 1. The Balaban J connectivity index is 3.33. The molecule has 5 nitrogen and oxygen atoms in total. The minimum atomic E-state index is -1.82. The van der Waals surface area contributed by atoms with Gasteiger partial charge in [0.2, 0.25) is 0 Å². The van der Waals surface area contributed by atoms with Crippen LogP contribution in [0.1, 0.15) is 34.0 Å². The Morgan fingerprint density at radius 2 is 2.00 bits per heavy atom. The number of alkyl halides is 1. The molecule has 0 saturated carbocycles. The van der Waals surface area contributed by atoms with Crippen LogP contribution in [0, 0.1) is 0 Å². The number of hydrogen-bond acceptors (Lipinski definition) is 4. The first-order chi connectivity index (χ1) is 8.52. The van der Waals surface area contributed by atoms with Crippen LogP contribution in [-0.2, 0) is 11.4 Å². The second kappa shape index (κ2) is 6.63. The number of halogens is 1. The largest absolute Gasteiger partial charge is 0.479 e. The number of carbonyl (C=O) groups is 2. The van der Waals surface area contributed by atoms with Crippen LogP contribution < -0.4 is 0 Å². The van der Waals surface area contributed by atoms with Gasteiger partial charge in [-0.25, -0.2) is 4.79 Å². The van der Waals surface area contributed by atoms with Crippen LogP contribution in [-0.4, -0.2) is 32.4 Å². The highest BCUT2D eigenvalue weighted by atomic mass is 79.9. The molecule has 18 heavy (non-hydrogen) atoms. The molecule has 1 aromatic rings. The van der Waals surface area contributed by atoms with Crippen LogP contribution in [0.2, 0.25) is 0 Å². The molecule has 0 aromatic heterocycles. The van der Waals surface area contributed by atoms with Crippen LogP contribution in [0.3, 0.4) is 0 Å². The van der Waals surface area contributed by atoms with Gasteiger partial charge in [0, 0.05) is 22.9 Å². The zero-order chi connectivity index (χ0) is 13.7. The van der Waals surface area contributed by atoms with E-state index < -0.39 is 18.7 Å². The predicted molar refractivity (Wildman–Crippen MR) is 67.7 cm³/mol. The van der Waals surface area contributed by atoms with Gasteiger partial charge in [0.25, 0.3) is 0 Å². The van der Waals surface area contributed by atoms with Gasteiger partial charge in [0.05, 0.1) is 6.61 Å². The Kier molecular flexibility index (Phi) is 5.46. The molecule has 0 aliphatic carbocycles. The van der Waals surface area contributed by atoms with Crippen molar-refractivity contribution in [2.75, 3.05) is 5.33 Å². The lowest BCUT2D eigenvalue weighted by Crippen LogP contribution is -2.17. The first kappa shape index (κ1) is 14.8. The first-order valence-corrected chi connectivity index (χ1v) is 6.37. The van der Waals surface area contributed by atoms with Crippen molar-refractivity contribution in [3.8, 4) is 0 Å². The fourth-order valence-electron chi connectivity index (χ4n) is 1.66. The highest BCUT2D eigenvalue weighted by Crippen LogP contribution is 2.24. The fourth-order valence-corrected chi connectivity index (χ4v) is 2.02. The molecule has 3 N–H and O–H groups in total. The molecular formula is C12H13BrO5. The summed E-state index contributed by atoms with van der Waals surface area (Å²) in [6, 6.07) is 4.48. The lowest BCUT2D eigenvalue weighted by atomic mass is 9.93. The molecule has 98 valence electrons. The van der Waals surface area contributed by atoms with Gasteiger partial charge in [0.15, 0.2) is 11.9 Å². The number of benzene rings is 1. The number of aliphatic carboxylic acids is 1. The Morgan fingerprint density at radius 1 is 1.33 bits per heavy atom. The van der Waals surface area contributed by atoms with E-state index in [1.54, 1.807) is 6.07 Å². The van der Waals surface area contributed by atoms with Crippen LogP contribution in [0.15, 0.2) is 18.2 Å². The molecule has 0 radical (unpaired) electrons. The van der Waals surface area contributed by atoms with Gasteiger partial charge in [-0.3, -0.25) is 4.79 Å². The fraction of sp³-hybridized carbons (Fsp3) is 0.333. The lowest BCUT2D eigenvalue weighted by Gasteiger charge is -2.15. The number of rotatable bonds is 6. The third-order valence-corrected chi connectivity index (χ3v) is 2.89. The molecule has 0 amide bonds. The van der Waals surface area contributed by atoms with Crippen molar-refractivity contribution >= 4 is 27.7 Å². The van der Waals surface area contributed by atoms with E-state index in [1.807, 2.05) is 0 Å². The summed E-state index contributed by atoms with van der Waals surface area (Å²) in [6.45, 7) is -0.435. The summed E-state index contributed by atoms with van der Waals surface area (Å²) in [7, 11) is 0. The van der Waals surface area contributed by atoms with Crippen molar-refractivity contribution in [1.82, 2.24) is 0 Å². The molecular weight excluding hydrogens is 304 g/mol. The van der Waals surface area contributed by atoms with Crippen molar-refractivity contribution in [2.45, 2.75) is 19.1 Å². The summed E-state index contributed by atoms with van der Waals surface area (Å²) in [4.78, 5) is 22.7. The van der Waals surface area contributed by atoms with Gasteiger partial charge >= 0.3 is 5.97 Å². The summed E-state index contributed by atoms with van der Waals surface area (Å²) in [5.41, 5.74) is 0.347. The quantitative estimate of drug-likeness (QED) is 0.542. The number of carboxylic acids is 1. The summed E-state index contributed by atoms with van der Waals surface area (Å²) in [5, 5.41) is 28.1. The molecule has 0 aliphatic heterocycles. The van der Waals surface area contributed by atoms with Crippen molar-refractivity contribution < 1.29 is 24.9 Å². The van der Waals surface area contributed by atoms with E-state index in [9.17, 15) is 14.7 Å². The zero-order valence-corrected chi connectivity index (χ0v) is 11.1. The van der Waals surface area contributed by atoms with Gasteiger partial charge in [-0.2, -0.15) is 0 Å². The maximum Gasteiger partial charge on any atom is 0.337 e. The van der Waals surface area contributed by atoms with E-state index in [4.69, 9.17) is 10.2 Å². The molecule has 6 heteroatoms. The van der Waals surface area contributed by atoms with E-state index in [-0.39, 0.29) is 28.9 Å². The molecule has 1 rings (SSSR count). The van der Waals surface area contributed by atoms with Crippen molar-refractivity contribution in [3.63, 3.8) is 0 Å². The molecule has 1 atom stereocenters. The van der Waals surface area contributed by atoms with E-state index in [0.29, 0.717) is 5.33 Å². The van der Waals surface area contributed by atoms with Crippen LogP contribution in [0.25, 0.3) is 0 Å². The van der Waals surface area contributed by atoms with Gasteiger partial charge in [-0.05, 0) is 5.56 Å². The zero-order valence-electron chi connectivity index (χ0n) is 9.47. The molecule has 0 aliphatic rings. The van der Waals surface area contributed by atoms with Gasteiger partial charge in [0.1, 0.15) is 0 Å². The molecule has 0 fully saturated rings. The van der Waals surface area contributed by atoms with Crippen molar-refractivity contribution in [1.29, 1.82) is 0 Å². The molecule has 0 saturated heterocycles. The van der Waals surface area contributed by atoms with Crippen molar-refractivity contribution in [3.05, 3.63) is 34.9 Å². The lowest BCUT2D eigenvalue weighted by molar-refractivity contribution is -0.147. The second-order valence-electron chi connectivity index (χ2n) is 3.64. The maximum absolute atomic E-state index is 11.8. The Morgan fingerprint density at radius 3 is 2.50 bits per heavy atom. The Bertz CT molecular complexity index is 458. The molecule has 0 heterocycles. The third-order valence-electron chi connectivity index (χ3n) is 2.50. The van der Waals surface area contributed by atoms with E-state index in [1.165, 1.54) is 12.1 Å². The standard InChI is InChI=1S/C12H13BrO5/c13-5-4-9(15)8-3-1-2-7(6-14)10(8)11(16)12(17)18/h1-3,11,14,16H,4-6H2,(H,17,18). The number of aliphatic hydroxyl groups excluding tert-OH is 2. The average Bonchev–Trinajstić information content (AvgIpc) is 2.37. The van der Waals surface area contributed by atoms with E-state index >= 15 is 0 Å². The van der Waals surface area contributed by atoms with Gasteiger partial charge < -0.3 is 15.3 Å². The first-order valence-electron chi connectivity index (χ1n) is 5.25. The summed E-state index contributed by atoms with van der Waals surface area (Å²) in [5.74, 6) is -1.73. The average molecular weight is 317 g/mol. The topological polar surface area (TPSA) is 94.8 Å². The van der Waals surface area contributed by atoms with Crippen LogP contribution in [0.5, 0.6) is 0 Å². The predicted octanol–water partition coefficient (Wildman–Crippen LogP) is 1.26. The number of hydrogen-bond donors (Lipinski definition) is 3. The molecule has 0 spiro atoms. The Hall–Kier alpha value is -1.24. The van der Waals surface area contributed by atoms with Crippen LogP contribution in [0.4, 0.5) is 0 Å². The SMILES string of the molecule is O=C(CCBr)c1cccc(CO)c1C(O)C(=O)O. The summed E-state index contributed by atoms with van der Waals surface area (Å²) < 4.78 is 0. The van der Waals surface area contributed by atoms with E-state index in [2.05, 4.69) is 15.9 Å². The highest BCUT2D eigenvalue weighted by molar-refractivity contribution is 9.09. The monoisotopic (exact) mass is 316 g/mol. The van der Waals surface area contributed by atoms with Crippen molar-refractivity contribution in [2.24, 2.45) is 0 Å². The number of carbonyl (C=O) groups excluding carboxylic acids is 1. The minimum Gasteiger partial charge on any atom is -0.479 e. The summed E-state index contributed by atoms with van der Waals surface area (Å²) in [6.07, 6.45) is -1.63. The second-order valence-corrected chi connectivity index (χ2v) is 4.43. The minimum absolute atomic E-state index is 0.0292. The van der Waals surface area contributed by atoms with Gasteiger partial charge in [-0.1, -0.05) is 34.1 Å². The molecule has 0 bridgehead atoms. The van der Waals surface area contributed by atoms with E-state index in [0.717, 1.165) is 0 Å². The normalized spacial score (nSPS) is 12.2. The summed E-state index contributed by atoms with van der Waals surface area (Å²) >= 11 is 3.12. The third kappa shape index (κ3) is 3.16. The smallest absolute Gasteiger partial charge is 0.337 e. The maximum atomic E-state index is 11.8. The van der Waals surface area contributed by atoms with Gasteiger partial charge in [-0.15, -0.1) is 0 Å². The Labute approximate surface area is 112 Å².